The average Bonchev–Trinajstić information content (AvgIpc) is 3.05. The minimum Gasteiger partial charge on any atom is -0.419 e. The molecule has 3 nitrogen and oxygen atoms in total. The van der Waals surface area contributed by atoms with Crippen LogP contribution in [-0.4, -0.2) is 10.2 Å². The van der Waals surface area contributed by atoms with Crippen molar-refractivity contribution in [2.75, 3.05) is 0 Å². The minimum atomic E-state index is -4.36. The number of alkyl halides is 3. The molecule has 25 heavy (non-hydrogen) atoms. The highest BCUT2D eigenvalue weighted by atomic mass is 32.2. The number of halogens is 3. The highest BCUT2D eigenvalue weighted by Gasteiger charge is 2.30. The summed E-state index contributed by atoms with van der Waals surface area (Å²) in [5, 5.41) is 7.78. The standard InChI is InChI=1S/C18H15F3N2OS/c1-11-6-8-13(9-7-11)17-23-22-16(24-17)12(2)25-15-5-3-4-14(10-15)18(19,20)21/h3-10,12H,1-2H3/t12-/m1/s1. The van der Waals surface area contributed by atoms with Gasteiger partial charge in [0, 0.05) is 10.5 Å². The maximum Gasteiger partial charge on any atom is 0.416 e. The van der Waals surface area contributed by atoms with E-state index in [1.54, 1.807) is 6.07 Å². The number of aromatic nitrogens is 2. The smallest absolute Gasteiger partial charge is 0.416 e. The van der Waals surface area contributed by atoms with E-state index in [4.69, 9.17) is 4.42 Å². The van der Waals surface area contributed by atoms with E-state index >= 15 is 0 Å². The van der Waals surface area contributed by atoms with Crippen LogP contribution in [0.5, 0.6) is 0 Å². The summed E-state index contributed by atoms with van der Waals surface area (Å²) in [6, 6.07) is 12.9. The van der Waals surface area contributed by atoms with Crippen molar-refractivity contribution in [1.29, 1.82) is 0 Å². The molecule has 0 spiro atoms. The van der Waals surface area contributed by atoms with E-state index in [0.717, 1.165) is 23.3 Å². The lowest BCUT2D eigenvalue weighted by atomic mass is 10.1. The molecule has 7 heteroatoms. The Morgan fingerprint density at radius 3 is 2.44 bits per heavy atom. The Labute approximate surface area is 147 Å². The minimum absolute atomic E-state index is 0.268. The number of hydrogen-bond donors (Lipinski definition) is 0. The zero-order chi connectivity index (χ0) is 18.0. The van der Waals surface area contributed by atoms with Crippen LogP contribution in [0.4, 0.5) is 13.2 Å². The van der Waals surface area contributed by atoms with Crippen LogP contribution < -0.4 is 0 Å². The van der Waals surface area contributed by atoms with Crippen molar-refractivity contribution in [3.05, 3.63) is 65.5 Å². The third-order valence-corrected chi connectivity index (χ3v) is 4.64. The van der Waals surface area contributed by atoms with Gasteiger partial charge < -0.3 is 4.42 Å². The first-order chi connectivity index (χ1) is 11.8. The van der Waals surface area contributed by atoms with Crippen LogP contribution in [0, 0.1) is 6.92 Å². The maximum absolute atomic E-state index is 12.8. The van der Waals surface area contributed by atoms with Gasteiger partial charge in [0.15, 0.2) is 0 Å². The zero-order valence-electron chi connectivity index (χ0n) is 13.5. The van der Waals surface area contributed by atoms with Gasteiger partial charge in [-0.05, 0) is 44.2 Å². The van der Waals surface area contributed by atoms with Gasteiger partial charge in [-0.3, -0.25) is 0 Å². The fourth-order valence-electron chi connectivity index (χ4n) is 2.21. The second kappa shape index (κ2) is 6.92. The van der Waals surface area contributed by atoms with Gasteiger partial charge in [0.2, 0.25) is 11.8 Å². The topological polar surface area (TPSA) is 38.9 Å². The fraction of sp³-hybridized carbons (Fsp3) is 0.222. The van der Waals surface area contributed by atoms with Crippen LogP contribution in [0.15, 0.2) is 57.8 Å². The second-order valence-electron chi connectivity index (χ2n) is 5.60. The molecular formula is C18H15F3N2OS. The lowest BCUT2D eigenvalue weighted by molar-refractivity contribution is -0.137. The summed E-state index contributed by atoms with van der Waals surface area (Å²) >= 11 is 1.24. The van der Waals surface area contributed by atoms with Crippen LogP contribution >= 0.6 is 11.8 Å². The lowest BCUT2D eigenvalue weighted by Crippen LogP contribution is -2.04. The second-order valence-corrected chi connectivity index (χ2v) is 7.01. The Morgan fingerprint density at radius 1 is 1.04 bits per heavy atom. The van der Waals surface area contributed by atoms with Crippen molar-refractivity contribution in [2.24, 2.45) is 0 Å². The van der Waals surface area contributed by atoms with Gasteiger partial charge in [-0.2, -0.15) is 13.2 Å². The molecule has 1 aromatic heterocycles. The molecule has 0 aliphatic rings. The zero-order valence-corrected chi connectivity index (χ0v) is 14.4. The van der Waals surface area contributed by atoms with Gasteiger partial charge in [-0.25, -0.2) is 0 Å². The van der Waals surface area contributed by atoms with Crippen LogP contribution in [0.2, 0.25) is 0 Å². The maximum atomic E-state index is 12.8. The average molecular weight is 364 g/mol. The summed E-state index contributed by atoms with van der Waals surface area (Å²) < 4.78 is 44.1. The van der Waals surface area contributed by atoms with E-state index in [2.05, 4.69) is 10.2 Å². The van der Waals surface area contributed by atoms with Crippen LogP contribution in [-0.2, 0) is 6.18 Å². The van der Waals surface area contributed by atoms with Gasteiger partial charge in [0.1, 0.15) is 0 Å². The highest BCUT2D eigenvalue weighted by Crippen LogP contribution is 2.38. The predicted molar refractivity (Wildman–Crippen MR) is 90.2 cm³/mol. The van der Waals surface area contributed by atoms with Crippen LogP contribution in [0.25, 0.3) is 11.5 Å². The molecule has 1 heterocycles. The molecule has 130 valence electrons. The predicted octanol–water partition coefficient (Wildman–Crippen LogP) is 5.92. The molecular weight excluding hydrogens is 349 g/mol. The Balaban J connectivity index is 1.76. The first-order valence-corrected chi connectivity index (χ1v) is 8.45. The molecule has 0 aliphatic heterocycles. The van der Waals surface area contributed by atoms with E-state index in [1.165, 1.54) is 17.8 Å². The van der Waals surface area contributed by atoms with E-state index in [9.17, 15) is 13.2 Å². The summed E-state index contributed by atoms with van der Waals surface area (Å²) in [6.45, 7) is 3.80. The Bertz CT molecular complexity index is 859. The monoisotopic (exact) mass is 364 g/mol. The summed E-state index contributed by atoms with van der Waals surface area (Å²) in [5.74, 6) is 0.768. The molecule has 0 bridgehead atoms. The third-order valence-electron chi connectivity index (χ3n) is 3.56. The molecule has 2 aromatic carbocycles. The van der Waals surface area contributed by atoms with Crippen molar-refractivity contribution in [3.8, 4) is 11.5 Å². The molecule has 0 N–H and O–H groups in total. The molecule has 0 aliphatic carbocycles. The van der Waals surface area contributed by atoms with Crippen molar-refractivity contribution < 1.29 is 17.6 Å². The number of hydrogen-bond acceptors (Lipinski definition) is 4. The molecule has 0 radical (unpaired) electrons. The molecule has 1 atom stereocenters. The fourth-order valence-corrected chi connectivity index (χ4v) is 3.17. The quantitative estimate of drug-likeness (QED) is 0.539. The lowest BCUT2D eigenvalue weighted by Gasteiger charge is -2.10. The first-order valence-electron chi connectivity index (χ1n) is 7.57. The van der Waals surface area contributed by atoms with Crippen molar-refractivity contribution >= 4 is 11.8 Å². The molecule has 0 unspecified atom stereocenters. The summed E-state index contributed by atoms with van der Waals surface area (Å²) in [7, 11) is 0. The molecule has 3 aromatic rings. The summed E-state index contributed by atoms with van der Waals surface area (Å²) in [6.07, 6.45) is -4.36. The molecule has 0 saturated heterocycles. The molecule has 0 saturated carbocycles. The molecule has 0 amide bonds. The van der Waals surface area contributed by atoms with Crippen molar-refractivity contribution in [3.63, 3.8) is 0 Å². The van der Waals surface area contributed by atoms with Gasteiger partial charge in [-0.15, -0.1) is 22.0 Å². The first kappa shape index (κ1) is 17.5. The molecule has 3 rings (SSSR count). The van der Waals surface area contributed by atoms with E-state index in [0.29, 0.717) is 16.7 Å². The van der Waals surface area contributed by atoms with Gasteiger partial charge in [-0.1, -0.05) is 23.8 Å². The normalized spacial score (nSPS) is 13.0. The van der Waals surface area contributed by atoms with Crippen LogP contribution in [0.3, 0.4) is 0 Å². The summed E-state index contributed by atoms with van der Waals surface area (Å²) in [5.41, 5.74) is 1.26. The summed E-state index contributed by atoms with van der Waals surface area (Å²) in [4.78, 5) is 0.498. The number of nitrogens with zero attached hydrogens (tertiary/aromatic N) is 2. The highest BCUT2D eigenvalue weighted by molar-refractivity contribution is 7.99. The van der Waals surface area contributed by atoms with Gasteiger partial charge >= 0.3 is 6.18 Å². The Morgan fingerprint density at radius 2 is 1.76 bits per heavy atom. The van der Waals surface area contributed by atoms with E-state index < -0.39 is 11.7 Å². The van der Waals surface area contributed by atoms with Crippen molar-refractivity contribution in [1.82, 2.24) is 10.2 Å². The van der Waals surface area contributed by atoms with Gasteiger partial charge in [0.05, 0.1) is 10.8 Å². The van der Waals surface area contributed by atoms with E-state index in [1.807, 2.05) is 38.1 Å². The SMILES string of the molecule is Cc1ccc(-c2nnc([C@@H](C)Sc3cccc(C(F)(F)F)c3)o2)cc1. The Kier molecular flexibility index (Phi) is 4.85. The van der Waals surface area contributed by atoms with Gasteiger partial charge in [0.25, 0.3) is 0 Å². The molecule has 0 fully saturated rings. The third kappa shape index (κ3) is 4.22. The number of aryl methyl sites for hydroxylation is 1. The van der Waals surface area contributed by atoms with Crippen molar-refractivity contribution in [2.45, 2.75) is 30.2 Å². The number of benzene rings is 2. The van der Waals surface area contributed by atoms with E-state index in [-0.39, 0.29) is 5.25 Å². The number of thioether (sulfide) groups is 1. The largest absolute Gasteiger partial charge is 0.419 e. The Hall–Kier alpha value is -2.28. The number of rotatable bonds is 4. The van der Waals surface area contributed by atoms with Crippen LogP contribution in [0.1, 0.15) is 29.2 Å².